The normalized spacial score (nSPS) is 16.9. The molecule has 1 unspecified atom stereocenters. The molecule has 1 aliphatic heterocycles. The van der Waals surface area contributed by atoms with E-state index < -0.39 is 16.1 Å². The van der Waals surface area contributed by atoms with Crippen LogP contribution in [0.2, 0.25) is 0 Å². The number of fused-ring (bicyclic) bond motifs is 3. The molecule has 164 valence electrons. The molecule has 0 radical (unpaired) electrons. The molecule has 6 heteroatoms. The summed E-state index contributed by atoms with van der Waals surface area (Å²) in [6.45, 7) is 2.45. The van der Waals surface area contributed by atoms with E-state index in [0.29, 0.717) is 24.3 Å². The Labute approximate surface area is 193 Å². The Hall–Kier alpha value is -2.54. The second-order valence-corrected chi connectivity index (χ2v) is 10.8. The van der Waals surface area contributed by atoms with Crippen molar-refractivity contribution in [1.82, 2.24) is 9.29 Å². The molecule has 0 saturated carbocycles. The summed E-state index contributed by atoms with van der Waals surface area (Å²) < 4.78 is 29.7. The van der Waals surface area contributed by atoms with E-state index >= 15 is 0 Å². The van der Waals surface area contributed by atoms with Gasteiger partial charge >= 0.3 is 0 Å². The van der Waals surface area contributed by atoms with Gasteiger partial charge in [-0.2, -0.15) is 4.31 Å². The summed E-state index contributed by atoms with van der Waals surface area (Å²) >= 11 is 1.68. The number of hydrogen-bond acceptors (Lipinski definition) is 3. The molecule has 0 aliphatic carbocycles. The summed E-state index contributed by atoms with van der Waals surface area (Å²) in [6, 6.07) is 23.5. The summed E-state index contributed by atoms with van der Waals surface area (Å²) in [7, 11) is -3.69. The fraction of sp³-hybridized carbons (Fsp3) is 0.231. The van der Waals surface area contributed by atoms with Gasteiger partial charge in [-0.25, -0.2) is 8.42 Å². The molecule has 3 aromatic carbocycles. The van der Waals surface area contributed by atoms with E-state index in [0.717, 1.165) is 27.2 Å². The van der Waals surface area contributed by atoms with Crippen LogP contribution in [0.5, 0.6) is 0 Å². The van der Waals surface area contributed by atoms with E-state index in [1.165, 1.54) is 10.9 Å². The van der Waals surface area contributed by atoms with E-state index in [4.69, 9.17) is 0 Å². The van der Waals surface area contributed by atoms with Gasteiger partial charge in [0.2, 0.25) is 10.0 Å². The molecule has 1 N–H and O–H groups in total. The van der Waals surface area contributed by atoms with Crippen LogP contribution < -0.4 is 0 Å². The summed E-state index contributed by atoms with van der Waals surface area (Å²) in [5.41, 5.74) is 5.08. The summed E-state index contributed by atoms with van der Waals surface area (Å²) in [6.07, 6.45) is 3.41. The van der Waals surface area contributed by atoms with Crippen LogP contribution in [0.15, 0.2) is 82.6 Å². The molecule has 4 nitrogen and oxygen atoms in total. The van der Waals surface area contributed by atoms with Crippen molar-refractivity contribution in [1.29, 1.82) is 0 Å². The van der Waals surface area contributed by atoms with Crippen LogP contribution in [0.3, 0.4) is 0 Å². The van der Waals surface area contributed by atoms with Gasteiger partial charge in [0.1, 0.15) is 0 Å². The molecular formula is C26H26N2O2S2. The number of hydrogen-bond donors (Lipinski definition) is 1. The number of sulfonamides is 1. The van der Waals surface area contributed by atoms with Crippen molar-refractivity contribution in [3.8, 4) is 0 Å². The maximum absolute atomic E-state index is 14.0. The number of aromatic amines is 1. The number of aryl methyl sites for hydroxylation is 1. The van der Waals surface area contributed by atoms with Crippen LogP contribution in [-0.2, 0) is 22.9 Å². The Morgan fingerprint density at radius 2 is 1.72 bits per heavy atom. The van der Waals surface area contributed by atoms with Gasteiger partial charge in [0, 0.05) is 28.0 Å². The van der Waals surface area contributed by atoms with Crippen molar-refractivity contribution in [3.05, 3.63) is 95.2 Å². The quantitative estimate of drug-likeness (QED) is 0.382. The van der Waals surface area contributed by atoms with Crippen LogP contribution >= 0.6 is 11.8 Å². The van der Waals surface area contributed by atoms with E-state index in [2.05, 4.69) is 41.4 Å². The van der Waals surface area contributed by atoms with Crippen molar-refractivity contribution in [2.24, 2.45) is 0 Å². The van der Waals surface area contributed by atoms with Gasteiger partial charge in [0.15, 0.2) is 0 Å². The van der Waals surface area contributed by atoms with Crippen LogP contribution in [0.4, 0.5) is 0 Å². The van der Waals surface area contributed by atoms with E-state index in [9.17, 15) is 8.42 Å². The minimum Gasteiger partial charge on any atom is -0.357 e. The fourth-order valence-corrected chi connectivity index (χ4v) is 7.06. The van der Waals surface area contributed by atoms with Gasteiger partial charge in [-0.15, -0.1) is 11.8 Å². The predicted molar refractivity (Wildman–Crippen MR) is 132 cm³/mol. The Morgan fingerprint density at radius 1 is 1.00 bits per heavy atom. The molecule has 4 aromatic rings. The van der Waals surface area contributed by atoms with Gasteiger partial charge in [0.05, 0.1) is 10.9 Å². The van der Waals surface area contributed by atoms with Crippen molar-refractivity contribution < 1.29 is 8.42 Å². The highest BCUT2D eigenvalue weighted by atomic mass is 32.2. The third-order valence-corrected chi connectivity index (χ3v) is 9.07. The molecule has 1 atom stereocenters. The molecule has 1 aromatic heterocycles. The van der Waals surface area contributed by atoms with Gasteiger partial charge in [-0.1, -0.05) is 55.5 Å². The first-order valence-electron chi connectivity index (χ1n) is 10.9. The zero-order valence-electron chi connectivity index (χ0n) is 18.2. The van der Waals surface area contributed by atoms with E-state index in [1.807, 2.05) is 43.5 Å². The fourth-order valence-electron chi connectivity index (χ4n) is 4.77. The monoisotopic (exact) mass is 462 g/mol. The first kappa shape index (κ1) is 21.3. The van der Waals surface area contributed by atoms with Crippen molar-refractivity contribution in [2.75, 3.05) is 12.8 Å². The highest BCUT2D eigenvalue weighted by molar-refractivity contribution is 7.98. The van der Waals surface area contributed by atoms with Crippen LogP contribution in [0, 0.1) is 0 Å². The maximum Gasteiger partial charge on any atom is 0.244 e. The number of nitrogens with zero attached hydrogens (tertiary/aromatic N) is 1. The predicted octanol–water partition coefficient (Wildman–Crippen LogP) is 5.79. The molecule has 32 heavy (non-hydrogen) atoms. The first-order valence-corrected chi connectivity index (χ1v) is 13.5. The SMILES string of the molecule is CCc1ccccc1S(=O)(=O)N1CCc2c([nH]c3ccccc23)C1c1ccc(SC)cc1. The smallest absolute Gasteiger partial charge is 0.244 e. The Morgan fingerprint density at radius 3 is 2.47 bits per heavy atom. The summed E-state index contributed by atoms with van der Waals surface area (Å²) in [5.74, 6) is 0. The lowest BCUT2D eigenvalue weighted by Crippen LogP contribution is -2.40. The van der Waals surface area contributed by atoms with Gasteiger partial charge in [0.25, 0.3) is 0 Å². The topological polar surface area (TPSA) is 53.2 Å². The highest BCUT2D eigenvalue weighted by Gasteiger charge is 2.39. The van der Waals surface area contributed by atoms with Gasteiger partial charge in [-0.3, -0.25) is 0 Å². The molecule has 0 spiro atoms. The Kier molecular flexibility index (Phi) is 5.61. The minimum absolute atomic E-state index is 0.392. The largest absolute Gasteiger partial charge is 0.357 e. The maximum atomic E-state index is 14.0. The minimum atomic E-state index is -3.69. The molecule has 5 rings (SSSR count). The van der Waals surface area contributed by atoms with Crippen LogP contribution in [0.1, 0.15) is 35.3 Å². The molecule has 0 bridgehead atoms. The van der Waals surface area contributed by atoms with E-state index in [1.54, 1.807) is 22.1 Å². The molecule has 1 aliphatic rings. The summed E-state index contributed by atoms with van der Waals surface area (Å²) in [4.78, 5) is 5.13. The van der Waals surface area contributed by atoms with Crippen LogP contribution in [-0.4, -0.2) is 30.5 Å². The van der Waals surface area contributed by atoms with Gasteiger partial charge < -0.3 is 4.98 Å². The number of para-hydroxylation sites is 1. The number of nitrogens with one attached hydrogen (secondary N) is 1. The molecule has 0 saturated heterocycles. The number of aromatic nitrogens is 1. The molecule has 0 fully saturated rings. The lowest BCUT2D eigenvalue weighted by atomic mass is 9.94. The zero-order valence-corrected chi connectivity index (χ0v) is 19.8. The Balaban J connectivity index is 1.71. The number of benzene rings is 3. The van der Waals surface area contributed by atoms with E-state index in [-0.39, 0.29) is 0 Å². The standard InChI is InChI=1S/C26H26N2O2S2/c1-3-18-8-4-7-11-24(18)32(29,30)28-17-16-22-21-9-5-6-10-23(21)27-25(22)26(28)19-12-14-20(31-2)15-13-19/h4-15,26-27H,3,16-17H2,1-2H3. The number of rotatable bonds is 5. The number of thioether (sulfide) groups is 1. The van der Waals surface area contributed by atoms with Crippen molar-refractivity contribution >= 4 is 32.7 Å². The second-order valence-electron chi connectivity index (χ2n) is 8.07. The third-order valence-electron chi connectivity index (χ3n) is 6.36. The van der Waals surface area contributed by atoms with Crippen molar-refractivity contribution in [3.63, 3.8) is 0 Å². The van der Waals surface area contributed by atoms with Gasteiger partial charge in [-0.05, 0) is 60.1 Å². The zero-order chi connectivity index (χ0) is 22.3. The molecule has 0 amide bonds. The Bertz CT molecular complexity index is 1370. The molecule has 2 heterocycles. The highest BCUT2D eigenvalue weighted by Crippen LogP contribution is 2.41. The number of H-pyrrole nitrogens is 1. The average Bonchev–Trinajstić information content (AvgIpc) is 3.22. The average molecular weight is 463 g/mol. The molecular weight excluding hydrogens is 436 g/mol. The summed E-state index contributed by atoms with van der Waals surface area (Å²) in [5, 5.41) is 1.18. The first-order chi connectivity index (χ1) is 15.5. The third kappa shape index (κ3) is 3.47. The lowest BCUT2D eigenvalue weighted by molar-refractivity contribution is 0.340. The van der Waals surface area contributed by atoms with Crippen molar-refractivity contribution in [2.45, 2.75) is 35.6 Å². The lowest BCUT2D eigenvalue weighted by Gasteiger charge is -2.35. The van der Waals surface area contributed by atoms with Crippen LogP contribution in [0.25, 0.3) is 10.9 Å². The second kappa shape index (κ2) is 8.43.